The van der Waals surface area contributed by atoms with Crippen LogP contribution in [0.1, 0.15) is 46.1 Å². The van der Waals surface area contributed by atoms with Gasteiger partial charge in [0.1, 0.15) is 16.9 Å². The number of alkyl halides is 3. The van der Waals surface area contributed by atoms with E-state index < -0.39 is 35.1 Å². The molecule has 0 bridgehead atoms. The predicted octanol–water partition coefficient (Wildman–Crippen LogP) is 4.30. The summed E-state index contributed by atoms with van der Waals surface area (Å²) in [5, 5.41) is 13.1. The van der Waals surface area contributed by atoms with Crippen molar-refractivity contribution in [3.05, 3.63) is 51.7 Å². The highest BCUT2D eigenvalue weighted by atomic mass is 32.1. The summed E-state index contributed by atoms with van der Waals surface area (Å²) in [6, 6.07) is 5.93. The molecule has 0 saturated heterocycles. The van der Waals surface area contributed by atoms with Crippen LogP contribution in [0.15, 0.2) is 24.3 Å². The van der Waals surface area contributed by atoms with Crippen molar-refractivity contribution in [1.82, 2.24) is 5.32 Å². The highest BCUT2D eigenvalue weighted by molar-refractivity contribution is 7.16. The van der Waals surface area contributed by atoms with Crippen molar-refractivity contribution in [2.75, 3.05) is 11.9 Å². The minimum atomic E-state index is -5.36. The predicted molar refractivity (Wildman–Crippen MR) is 109 cm³/mol. The maximum absolute atomic E-state index is 14.4. The molecule has 1 heterocycles. The molecule has 1 aromatic carbocycles. The largest absolute Gasteiger partial charge is 0.463 e. The van der Waals surface area contributed by atoms with Crippen LogP contribution in [0.4, 0.5) is 22.6 Å². The smallest absolute Gasteiger partial charge is 0.441 e. The third-order valence-electron chi connectivity index (χ3n) is 4.98. The Morgan fingerprint density at radius 1 is 1.25 bits per heavy atom. The van der Waals surface area contributed by atoms with Crippen LogP contribution in [0, 0.1) is 17.1 Å². The summed E-state index contributed by atoms with van der Waals surface area (Å²) in [4.78, 5) is 26.0. The monoisotopic (exact) mass is 469 g/mol. The Hall–Kier alpha value is -3.13. The Balaban J connectivity index is 2.10. The Morgan fingerprint density at radius 3 is 2.59 bits per heavy atom. The molecule has 0 spiro atoms. The fourth-order valence-corrected chi connectivity index (χ4v) is 4.74. The Morgan fingerprint density at radius 2 is 1.97 bits per heavy atom. The Bertz CT molecular complexity index is 1080. The molecule has 11 heteroatoms. The summed E-state index contributed by atoms with van der Waals surface area (Å²) in [5.41, 5.74) is -3.47. The van der Waals surface area contributed by atoms with Gasteiger partial charge >= 0.3 is 17.8 Å². The van der Waals surface area contributed by atoms with E-state index in [1.165, 1.54) is 6.92 Å². The lowest BCUT2D eigenvalue weighted by molar-refractivity contribution is -0.204. The third-order valence-corrected chi connectivity index (χ3v) is 6.19. The molecular formula is C21H19F4N3O3S. The van der Waals surface area contributed by atoms with Crippen LogP contribution in [-0.2, 0) is 22.4 Å². The first-order chi connectivity index (χ1) is 15.1. The van der Waals surface area contributed by atoms with Crippen molar-refractivity contribution < 1.29 is 31.9 Å². The number of nitrogens with one attached hydrogen (secondary N) is 2. The number of carbonyl (C=O) groups is 2. The molecule has 1 aliphatic rings. The van der Waals surface area contributed by atoms with E-state index >= 15 is 0 Å². The van der Waals surface area contributed by atoms with Crippen molar-refractivity contribution in [1.29, 1.82) is 5.26 Å². The van der Waals surface area contributed by atoms with Crippen LogP contribution < -0.4 is 10.6 Å². The zero-order valence-electron chi connectivity index (χ0n) is 16.9. The van der Waals surface area contributed by atoms with Crippen LogP contribution in [0.2, 0.25) is 0 Å². The number of halogens is 4. The summed E-state index contributed by atoms with van der Waals surface area (Å²) in [5.74, 6) is -3.98. The molecule has 3 rings (SSSR count). The lowest BCUT2D eigenvalue weighted by atomic mass is 9.96. The molecule has 1 aromatic heterocycles. The average Bonchev–Trinajstić information content (AvgIpc) is 3.09. The molecule has 1 atom stereocenters. The first-order valence-corrected chi connectivity index (χ1v) is 10.6. The molecule has 0 fully saturated rings. The highest BCUT2D eigenvalue weighted by Gasteiger charge is 2.64. The van der Waals surface area contributed by atoms with Crippen LogP contribution in [0.3, 0.4) is 0 Å². The summed E-state index contributed by atoms with van der Waals surface area (Å²) >= 11 is 0.938. The second kappa shape index (κ2) is 9.16. The fourth-order valence-electron chi connectivity index (χ4n) is 3.44. The third kappa shape index (κ3) is 4.41. The maximum Gasteiger partial charge on any atom is 0.441 e. The number of fused-ring (bicyclic) bond motifs is 1. The molecule has 0 unspecified atom stereocenters. The van der Waals surface area contributed by atoms with Gasteiger partial charge in [-0.25, -0.2) is 9.18 Å². The number of thiophene rings is 1. The van der Waals surface area contributed by atoms with Gasteiger partial charge in [0.15, 0.2) is 0 Å². The molecular weight excluding hydrogens is 450 g/mol. The molecule has 2 N–H and O–H groups in total. The summed E-state index contributed by atoms with van der Waals surface area (Å²) < 4.78 is 61.3. The van der Waals surface area contributed by atoms with Crippen LogP contribution in [0.5, 0.6) is 0 Å². The van der Waals surface area contributed by atoms with Crippen molar-refractivity contribution in [3.63, 3.8) is 0 Å². The van der Waals surface area contributed by atoms with Crippen molar-refractivity contribution >= 4 is 28.2 Å². The number of esters is 1. The number of hydrogen-bond donors (Lipinski definition) is 2. The number of aryl methyl sites for hydroxylation is 1. The minimum absolute atomic E-state index is 0.00243. The van der Waals surface area contributed by atoms with E-state index in [0.29, 0.717) is 18.4 Å². The number of nitrogens with zero attached hydrogens (tertiary/aromatic N) is 1. The van der Waals surface area contributed by atoms with E-state index in [2.05, 4.69) is 10.1 Å². The second-order valence-electron chi connectivity index (χ2n) is 7.08. The minimum Gasteiger partial charge on any atom is -0.463 e. The lowest BCUT2D eigenvalue weighted by Crippen LogP contribution is -2.69. The van der Waals surface area contributed by atoms with E-state index in [0.717, 1.165) is 53.3 Å². The van der Waals surface area contributed by atoms with Crippen LogP contribution in [0.25, 0.3) is 0 Å². The molecule has 0 aliphatic heterocycles. The first kappa shape index (κ1) is 23.5. The zero-order chi connectivity index (χ0) is 23.5. The number of ether oxygens (including phenoxy) is 1. The number of amides is 1. The molecule has 1 aliphatic carbocycles. The standard InChI is InChI=1S/C21H19F4N3O3S/c1-2-31-19(30)20(21(23,24)25,27-17(29)12-6-5-7-13(22)10-12)28-18-15(11-26)14-8-3-4-9-16(14)32-18/h5-7,10,28H,2-4,8-9H2,1H3,(H,27,29)/t20-/m0/s1. The molecule has 0 radical (unpaired) electrons. The lowest BCUT2D eigenvalue weighted by Gasteiger charge is -2.35. The van der Waals surface area contributed by atoms with Crippen molar-refractivity contribution in [2.45, 2.75) is 44.4 Å². The summed E-state index contributed by atoms with van der Waals surface area (Å²) in [6.07, 6.45) is -2.61. The number of anilines is 1. The van der Waals surface area contributed by atoms with Gasteiger partial charge in [-0.2, -0.15) is 18.4 Å². The normalized spacial score (nSPS) is 15.1. The average molecular weight is 469 g/mol. The molecule has 6 nitrogen and oxygen atoms in total. The van der Waals surface area contributed by atoms with Gasteiger partial charge < -0.3 is 15.4 Å². The number of hydrogen-bond acceptors (Lipinski definition) is 6. The number of benzene rings is 1. The zero-order valence-corrected chi connectivity index (χ0v) is 17.8. The quantitative estimate of drug-likeness (QED) is 0.374. The van der Waals surface area contributed by atoms with Gasteiger partial charge in [-0.05, 0) is 56.4 Å². The number of rotatable bonds is 6. The van der Waals surface area contributed by atoms with Gasteiger partial charge in [0, 0.05) is 10.4 Å². The number of nitriles is 1. The Kier molecular flexibility index (Phi) is 6.74. The van der Waals surface area contributed by atoms with Gasteiger partial charge in [0.05, 0.1) is 12.2 Å². The van der Waals surface area contributed by atoms with E-state index in [1.54, 1.807) is 5.32 Å². The second-order valence-corrected chi connectivity index (χ2v) is 8.19. The fraction of sp³-hybridized carbons (Fsp3) is 0.381. The van der Waals surface area contributed by atoms with Crippen molar-refractivity contribution in [2.24, 2.45) is 0 Å². The van der Waals surface area contributed by atoms with E-state index in [-0.39, 0.29) is 17.2 Å². The Labute approximate surface area is 185 Å². The van der Waals surface area contributed by atoms with Crippen molar-refractivity contribution in [3.8, 4) is 6.07 Å². The summed E-state index contributed by atoms with van der Waals surface area (Å²) in [6.45, 7) is 0.929. The van der Waals surface area contributed by atoms with E-state index in [9.17, 15) is 32.4 Å². The summed E-state index contributed by atoms with van der Waals surface area (Å²) in [7, 11) is 0. The first-order valence-electron chi connectivity index (χ1n) is 9.77. The van der Waals surface area contributed by atoms with Gasteiger partial charge in [-0.15, -0.1) is 11.3 Å². The molecule has 2 aromatic rings. The van der Waals surface area contributed by atoms with Crippen LogP contribution in [-0.4, -0.2) is 30.3 Å². The maximum atomic E-state index is 14.4. The van der Waals surface area contributed by atoms with Gasteiger partial charge in [0.2, 0.25) is 0 Å². The molecule has 0 saturated carbocycles. The molecule has 32 heavy (non-hydrogen) atoms. The van der Waals surface area contributed by atoms with Gasteiger partial charge in [-0.1, -0.05) is 6.07 Å². The van der Waals surface area contributed by atoms with E-state index in [1.807, 2.05) is 6.07 Å². The van der Waals surface area contributed by atoms with Gasteiger partial charge in [-0.3, -0.25) is 4.79 Å². The van der Waals surface area contributed by atoms with E-state index in [4.69, 9.17) is 0 Å². The van der Waals surface area contributed by atoms with Crippen LogP contribution >= 0.6 is 11.3 Å². The molecule has 170 valence electrons. The molecule has 1 amide bonds. The SMILES string of the molecule is CCOC(=O)[C@](NC(=O)c1cccc(F)c1)(Nc1sc2c(c1C#N)CCCC2)C(F)(F)F. The van der Waals surface area contributed by atoms with Gasteiger partial charge in [0.25, 0.3) is 5.91 Å². The topological polar surface area (TPSA) is 91.2 Å². The highest BCUT2D eigenvalue weighted by Crippen LogP contribution is 2.41. The number of carbonyl (C=O) groups excluding carboxylic acids is 2.